The Bertz CT molecular complexity index is 957. The number of Topliss-reactive ketones (excluding diaryl/α,β-unsaturated/α-hetero) is 1. The molecule has 0 saturated heterocycles. The highest BCUT2D eigenvalue weighted by Crippen LogP contribution is 2.22. The first kappa shape index (κ1) is 21.6. The molecule has 0 amide bonds. The molecular formula is C21H25NO5S. The van der Waals surface area contributed by atoms with E-state index in [1.165, 1.54) is 24.3 Å². The molecule has 0 fully saturated rings. The maximum atomic E-state index is 12.6. The number of anilines is 1. The second-order valence-corrected chi connectivity index (χ2v) is 9.16. The summed E-state index contributed by atoms with van der Waals surface area (Å²) in [6.07, 6.45) is -0.146. The van der Waals surface area contributed by atoms with Crippen LogP contribution in [0.25, 0.3) is 0 Å². The van der Waals surface area contributed by atoms with E-state index in [4.69, 9.17) is 4.74 Å². The smallest absolute Gasteiger partial charge is 0.306 e. The molecule has 150 valence electrons. The van der Waals surface area contributed by atoms with Crippen LogP contribution in [0.1, 0.15) is 49.5 Å². The molecule has 0 heterocycles. The second-order valence-electron chi connectivity index (χ2n) is 7.47. The van der Waals surface area contributed by atoms with Gasteiger partial charge in [-0.15, -0.1) is 0 Å². The molecular weight excluding hydrogens is 378 g/mol. The first-order valence-electron chi connectivity index (χ1n) is 8.91. The van der Waals surface area contributed by atoms with Crippen LogP contribution in [0.4, 0.5) is 5.69 Å². The number of ketones is 1. The molecule has 2 aromatic carbocycles. The van der Waals surface area contributed by atoms with E-state index in [1.54, 1.807) is 45.0 Å². The molecule has 1 N–H and O–H groups in total. The summed E-state index contributed by atoms with van der Waals surface area (Å²) in [5, 5.41) is 0. The number of para-hydroxylation sites is 1. The van der Waals surface area contributed by atoms with Gasteiger partial charge in [-0.25, -0.2) is 8.42 Å². The third-order valence-electron chi connectivity index (χ3n) is 3.78. The molecule has 7 heteroatoms. The Labute approximate surface area is 166 Å². The fourth-order valence-corrected chi connectivity index (χ4v) is 3.56. The standard InChI is InChI=1S/C21H25NO5S/c1-15-9-11-16(12-10-15)28(25,26)22-18-8-6-5-7-17(18)19(23)13-14-20(24)27-21(2,3)4/h5-12,22H,13-14H2,1-4H3. The maximum absolute atomic E-state index is 12.6. The zero-order valence-corrected chi connectivity index (χ0v) is 17.3. The molecule has 0 aliphatic carbocycles. The van der Waals surface area contributed by atoms with E-state index in [1.807, 2.05) is 6.92 Å². The molecule has 2 aromatic rings. The van der Waals surface area contributed by atoms with Crippen molar-refractivity contribution < 1.29 is 22.7 Å². The highest BCUT2D eigenvalue weighted by Gasteiger charge is 2.21. The van der Waals surface area contributed by atoms with Gasteiger partial charge in [-0.1, -0.05) is 29.8 Å². The maximum Gasteiger partial charge on any atom is 0.306 e. The quantitative estimate of drug-likeness (QED) is 0.555. The van der Waals surface area contributed by atoms with Gasteiger partial charge in [-0.2, -0.15) is 0 Å². The Balaban J connectivity index is 2.15. The molecule has 2 rings (SSSR count). The van der Waals surface area contributed by atoms with Crippen molar-refractivity contribution in [1.82, 2.24) is 0 Å². The molecule has 0 aliphatic rings. The average Bonchev–Trinajstić information content (AvgIpc) is 2.59. The van der Waals surface area contributed by atoms with Gasteiger partial charge in [0.2, 0.25) is 0 Å². The third-order valence-corrected chi connectivity index (χ3v) is 5.16. The van der Waals surface area contributed by atoms with Gasteiger partial charge in [0.05, 0.1) is 17.0 Å². The molecule has 0 atom stereocenters. The molecule has 0 radical (unpaired) electrons. The monoisotopic (exact) mass is 403 g/mol. The summed E-state index contributed by atoms with van der Waals surface area (Å²) in [6, 6.07) is 12.7. The van der Waals surface area contributed by atoms with Gasteiger partial charge < -0.3 is 4.74 Å². The van der Waals surface area contributed by atoms with Crippen LogP contribution in [-0.2, 0) is 19.6 Å². The van der Waals surface area contributed by atoms with Gasteiger partial charge in [-0.05, 0) is 52.0 Å². The van der Waals surface area contributed by atoms with Gasteiger partial charge in [0, 0.05) is 12.0 Å². The predicted octanol–water partition coefficient (Wildman–Crippen LogP) is 4.10. The Morgan fingerprint density at radius 1 is 0.964 bits per heavy atom. The number of sulfonamides is 1. The van der Waals surface area contributed by atoms with Crippen molar-refractivity contribution in [2.75, 3.05) is 4.72 Å². The van der Waals surface area contributed by atoms with Crippen LogP contribution in [0, 0.1) is 6.92 Å². The van der Waals surface area contributed by atoms with Crippen LogP contribution in [0.3, 0.4) is 0 Å². The lowest BCUT2D eigenvalue weighted by atomic mass is 10.0. The highest BCUT2D eigenvalue weighted by atomic mass is 32.2. The van der Waals surface area contributed by atoms with Gasteiger partial charge in [-0.3, -0.25) is 14.3 Å². The van der Waals surface area contributed by atoms with E-state index in [2.05, 4.69) is 4.72 Å². The lowest BCUT2D eigenvalue weighted by Gasteiger charge is -2.19. The van der Waals surface area contributed by atoms with Crippen molar-refractivity contribution in [2.45, 2.75) is 51.0 Å². The Morgan fingerprint density at radius 2 is 1.57 bits per heavy atom. The Hall–Kier alpha value is -2.67. The minimum Gasteiger partial charge on any atom is -0.460 e. The second kappa shape index (κ2) is 8.56. The molecule has 0 unspecified atom stereocenters. The number of carbonyl (C=O) groups is 2. The largest absolute Gasteiger partial charge is 0.460 e. The van der Waals surface area contributed by atoms with Crippen molar-refractivity contribution in [1.29, 1.82) is 0 Å². The van der Waals surface area contributed by atoms with Gasteiger partial charge in [0.15, 0.2) is 5.78 Å². The zero-order chi connectivity index (χ0) is 20.9. The number of hydrogen-bond acceptors (Lipinski definition) is 5. The van der Waals surface area contributed by atoms with E-state index in [0.717, 1.165) is 5.56 Å². The zero-order valence-electron chi connectivity index (χ0n) is 16.5. The number of hydrogen-bond donors (Lipinski definition) is 1. The number of ether oxygens (including phenoxy) is 1. The Kier molecular flexibility index (Phi) is 6.61. The predicted molar refractivity (Wildman–Crippen MR) is 108 cm³/mol. The number of esters is 1. The molecule has 0 saturated carbocycles. The molecule has 0 spiro atoms. The lowest BCUT2D eigenvalue weighted by Crippen LogP contribution is -2.24. The highest BCUT2D eigenvalue weighted by molar-refractivity contribution is 7.92. The minimum absolute atomic E-state index is 0.0712. The summed E-state index contributed by atoms with van der Waals surface area (Å²) >= 11 is 0. The van der Waals surface area contributed by atoms with E-state index in [-0.39, 0.29) is 34.8 Å². The topological polar surface area (TPSA) is 89.5 Å². The van der Waals surface area contributed by atoms with Crippen LogP contribution in [0.5, 0.6) is 0 Å². The number of nitrogens with one attached hydrogen (secondary N) is 1. The number of rotatable bonds is 7. The molecule has 28 heavy (non-hydrogen) atoms. The van der Waals surface area contributed by atoms with Crippen molar-refractivity contribution >= 4 is 27.5 Å². The summed E-state index contributed by atoms with van der Waals surface area (Å²) in [6.45, 7) is 7.12. The van der Waals surface area contributed by atoms with Gasteiger partial charge >= 0.3 is 5.97 Å². The first-order chi connectivity index (χ1) is 13.0. The molecule has 0 aliphatic heterocycles. The normalized spacial score (nSPS) is 11.7. The summed E-state index contributed by atoms with van der Waals surface area (Å²) in [5.74, 6) is -0.813. The summed E-state index contributed by atoms with van der Waals surface area (Å²) in [7, 11) is -3.84. The van der Waals surface area contributed by atoms with Crippen LogP contribution >= 0.6 is 0 Å². The summed E-state index contributed by atoms with van der Waals surface area (Å²) in [4.78, 5) is 24.5. The SMILES string of the molecule is Cc1ccc(S(=O)(=O)Nc2ccccc2C(=O)CCC(=O)OC(C)(C)C)cc1. The summed E-state index contributed by atoms with van der Waals surface area (Å²) in [5.41, 5.74) is 0.706. The van der Waals surface area contributed by atoms with E-state index >= 15 is 0 Å². The van der Waals surface area contributed by atoms with Crippen molar-refractivity contribution in [3.63, 3.8) is 0 Å². The molecule has 6 nitrogen and oxygen atoms in total. The van der Waals surface area contributed by atoms with E-state index < -0.39 is 21.6 Å². The number of benzene rings is 2. The van der Waals surface area contributed by atoms with Crippen LogP contribution in [-0.4, -0.2) is 25.8 Å². The van der Waals surface area contributed by atoms with Gasteiger partial charge in [0.25, 0.3) is 10.0 Å². The van der Waals surface area contributed by atoms with Crippen LogP contribution in [0.15, 0.2) is 53.4 Å². The van der Waals surface area contributed by atoms with Crippen molar-refractivity contribution in [3.8, 4) is 0 Å². The fraction of sp³-hybridized carbons (Fsp3) is 0.333. The molecule has 0 aromatic heterocycles. The number of carbonyl (C=O) groups excluding carboxylic acids is 2. The molecule has 0 bridgehead atoms. The van der Waals surface area contributed by atoms with Crippen molar-refractivity contribution in [3.05, 3.63) is 59.7 Å². The average molecular weight is 404 g/mol. The minimum atomic E-state index is -3.84. The van der Waals surface area contributed by atoms with Crippen molar-refractivity contribution in [2.24, 2.45) is 0 Å². The Morgan fingerprint density at radius 3 is 2.18 bits per heavy atom. The number of aryl methyl sites for hydroxylation is 1. The van der Waals surface area contributed by atoms with Crippen LogP contribution < -0.4 is 4.72 Å². The van der Waals surface area contributed by atoms with E-state index in [9.17, 15) is 18.0 Å². The lowest BCUT2D eigenvalue weighted by molar-refractivity contribution is -0.154. The summed E-state index contributed by atoms with van der Waals surface area (Å²) < 4.78 is 32.9. The van der Waals surface area contributed by atoms with Crippen LogP contribution in [0.2, 0.25) is 0 Å². The first-order valence-corrected chi connectivity index (χ1v) is 10.4. The third kappa shape index (κ3) is 6.20. The van der Waals surface area contributed by atoms with Gasteiger partial charge in [0.1, 0.15) is 5.60 Å². The fourth-order valence-electron chi connectivity index (χ4n) is 2.48. The van der Waals surface area contributed by atoms with E-state index in [0.29, 0.717) is 0 Å².